The van der Waals surface area contributed by atoms with Crippen molar-refractivity contribution in [1.82, 2.24) is 15.0 Å². The fraction of sp³-hybridized carbons (Fsp3) is 0.250. The molecular weight excluding hydrogens is 374 g/mol. The third kappa shape index (κ3) is 3.96. The second-order valence-corrected chi connectivity index (χ2v) is 8.56. The van der Waals surface area contributed by atoms with Crippen molar-refractivity contribution < 1.29 is 8.42 Å². The Morgan fingerprint density at radius 3 is 2.21 bits per heavy atom. The van der Waals surface area contributed by atoms with Crippen molar-refractivity contribution in [1.29, 1.82) is 0 Å². The lowest BCUT2D eigenvalue weighted by Gasteiger charge is -2.15. The number of nitrogen functional groups attached to an aromatic ring is 1. The highest BCUT2D eigenvalue weighted by Crippen LogP contribution is 2.35. The lowest BCUT2D eigenvalue weighted by Crippen LogP contribution is -2.05. The summed E-state index contributed by atoms with van der Waals surface area (Å²) in [4.78, 5) is 13.6. The lowest BCUT2D eigenvalue weighted by molar-refractivity contribution is 0.602. The number of hydrogen-bond acceptors (Lipinski definition) is 7. The molecule has 0 saturated carbocycles. The van der Waals surface area contributed by atoms with Crippen molar-refractivity contribution in [2.75, 3.05) is 23.9 Å². The Labute approximate surface area is 165 Å². The Hall–Kier alpha value is -3.00. The summed E-state index contributed by atoms with van der Waals surface area (Å²) in [5.74, 6) is 0.968. The van der Waals surface area contributed by atoms with E-state index in [2.05, 4.69) is 20.3 Å². The molecule has 1 aromatic carbocycles. The molecule has 0 amide bonds. The molecule has 0 aliphatic heterocycles. The molecule has 3 aromatic rings. The first kappa shape index (κ1) is 19.8. The van der Waals surface area contributed by atoms with Crippen LogP contribution in [0, 0.1) is 13.8 Å². The van der Waals surface area contributed by atoms with Gasteiger partial charge in [0.25, 0.3) is 0 Å². The second kappa shape index (κ2) is 7.55. The molecule has 28 heavy (non-hydrogen) atoms. The van der Waals surface area contributed by atoms with Gasteiger partial charge in [0.2, 0.25) is 5.95 Å². The standard InChI is InChI=1S/C20H23N5O2S/c1-5-22-17-11-10-16(12(2)23-17)18-13(3)24-20(21)25-19(18)14-6-8-15(9-7-14)28(4,26)27/h6-11H,5H2,1-4H3,(H,22,23)(H2,21,24,25). The predicted octanol–water partition coefficient (Wildman–Crippen LogP) is 3.24. The van der Waals surface area contributed by atoms with Crippen LogP contribution in [0.15, 0.2) is 41.3 Å². The summed E-state index contributed by atoms with van der Waals surface area (Å²) in [6.45, 7) is 6.61. The summed E-state index contributed by atoms with van der Waals surface area (Å²) in [5.41, 5.74) is 10.6. The number of benzene rings is 1. The molecule has 0 saturated heterocycles. The van der Waals surface area contributed by atoms with Crippen LogP contribution in [0.5, 0.6) is 0 Å². The molecule has 0 radical (unpaired) electrons. The van der Waals surface area contributed by atoms with Gasteiger partial charge < -0.3 is 11.1 Å². The van der Waals surface area contributed by atoms with Gasteiger partial charge in [0.05, 0.1) is 16.3 Å². The highest BCUT2D eigenvalue weighted by atomic mass is 32.2. The zero-order chi connectivity index (χ0) is 20.5. The van der Waals surface area contributed by atoms with E-state index in [-0.39, 0.29) is 10.8 Å². The average Bonchev–Trinajstić information content (AvgIpc) is 2.62. The van der Waals surface area contributed by atoms with Gasteiger partial charge in [-0.1, -0.05) is 12.1 Å². The number of pyridine rings is 1. The number of aryl methyl sites for hydroxylation is 2. The molecule has 2 aromatic heterocycles. The number of nitrogens with one attached hydrogen (secondary N) is 1. The summed E-state index contributed by atoms with van der Waals surface area (Å²) >= 11 is 0. The van der Waals surface area contributed by atoms with Crippen LogP contribution in [-0.2, 0) is 9.84 Å². The van der Waals surface area contributed by atoms with Crippen molar-refractivity contribution in [3.8, 4) is 22.4 Å². The van der Waals surface area contributed by atoms with Gasteiger partial charge in [-0.15, -0.1) is 0 Å². The fourth-order valence-corrected chi connectivity index (χ4v) is 3.72. The zero-order valence-corrected chi connectivity index (χ0v) is 17.1. The Morgan fingerprint density at radius 2 is 1.64 bits per heavy atom. The van der Waals surface area contributed by atoms with Crippen LogP contribution in [0.25, 0.3) is 22.4 Å². The second-order valence-electron chi connectivity index (χ2n) is 6.55. The largest absolute Gasteiger partial charge is 0.370 e. The van der Waals surface area contributed by atoms with E-state index >= 15 is 0 Å². The van der Waals surface area contributed by atoms with Crippen molar-refractivity contribution in [2.24, 2.45) is 0 Å². The first-order valence-corrected chi connectivity index (χ1v) is 10.8. The topological polar surface area (TPSA) is 111 Å². The smallest absolute Gasteiger partial charge is 0.220 e. The van der Waals surface area contributed by atoms with E-state index in [1.54, 1.807) is 24.3 Å². The van der Waals surface area contributed by atoms with Crippen molar-refractivity contribution >= 4 is 21.6 Å². The summed E-state index contributed by atoms with van der Waals surface area (Å²) in [6.07, 6.45) is 1.18. The molecule has 7 nitrogen and oxygen atoms in total. The molecule has 2 heterocycles. The van der Waals surface area contributed by atoms with E-state index in [0.717, 1.165) is 40.4 Å². The lowest BCUT2D eigenvalue weighted by atomic mass is 9.97. The highest BCUT2D eigenvalue weighted by molar-refractivity contribution is 7.90. The molecule has 0 bridgehead atoms. The fourth-order valence-electron chi connectivity index (χ4n) is 3.09. The minimum absolute atomic E-state index is 0.165. The Bertz CT molecular complexity index is 1130. The number of anilines is 2. The minimum atomic E-state index is -3.27. The molecular formula is C20H23N5O2S. The third-order valence-corrected chi connectivity index (χ3v) is 5.50. The SMILES string of the molecule is CCNc1ccc(-c2c(C)nc(N)nc2-c2ccc(S(C)(=O)=O)cc2)c(C)n1. The van der Waals surface area contributed by atoms with E-state index < -0.39 is 9.84 Å². The molecule has 146 valence electrons. The summed E-state index contributed by atoms with van der Waals surface area (Å²) in [7, 11) is -3.27. The van der Waals surface area contributed by atoms with E-state index in [1.165, 1.54) is 6.26 Å². The van der Waals surface area contributed by atoms with Crippen LogP contribution in [0.4, 0.5) is 11.8 Å². The maximum Gasteiger partial charge on any atom is 0.220 e. The van der Waals surface area contributed by atoms with Crippen molar-refractivity contribution in [3.05, 3.63) is 47.8 Å². The number of hydrogen-bond donors (Lipinski definition) is 2. The molecule has 0 unspecified atom stereocenters. The van der Waals surface area contributed by atoms with Crippen molar-refractivity contribution in [2.45, 2.75) is 25.7 Å². The first-order chi connectivity index (χ1) is 13.2. The van der Waals surface area contributed by atoms with E-state index in [9.17, 15) is 8.42 Å². The molecule has 0 fully saturated rings. The molecule has 3 rings (SSSR count). The predicted molar refractivity (Wildman–Crippen MR) is 112 cm³/mol. The van der Waals surface area contributed by atoms with Gasteiger partial charge in [0.15, 0.2) is 9.84 Å². The summed E-state index contributed by atoms with van der Waals surface area (Å²) in [5, 5.41) is 3.20. The Kier molecular flexibility index (Phi) is 5.33. The summed E-state index contributed by atoms with van der Waals surface area (Å²) < 4.78 is 23.5. The molecule has 0 aliphatic carbocycles. The van der Waals surface area contributed by atoms with Gasteiger partial charge in [-0.3, -0.25) is 0 Å². The van der Waals surface area contributed by atoms with Crippen LogP contribution >= 0.6 is 0 Å². The Balaban J connectivity index is 2.19. The van der Waals surface area contributed by atoms with Crippen LogP contribution in [0.3, 0.4) is 0 Å². The maximum absolute atomic E-state index is 11.7. The molecule has 3 N–H and O–H groups in total. The van der Waals surface area contributed by atoms with Gasteiger partial charge in [-0.2, -0.15) is 0 Å². The van der Waals surface area contributed by atoms with Gasteiger partial charge in [-0.05, 0) is 45.0 Å². The highest BCUT2D eigenvalue weighted by Gasteiger charge is 2.18. The average molecular weight is 398 g/mol. The molecule has 0 aliphatic rings. The van der Waals surface area contributed by atoms with E-state index in [4.69, 9.17) is 5.73 Å². The van der Waals surface area contributed by atoms with Gasteiger partial charge in [-0.25, -0.2) is 23.4 Å². The van der Waals surface area contributed by atoms with E-state index in [1.807, 2.05) is 32.9 Å². The molecule has 0 atom stereocenters. The number of sulfone groups is 1. The maximum atomic E-state index is 11.7. The zero-order valence-electron chi connectivity index (χ0n) is 16.3. The number of nitrogens with zero attached hydrogens (tertiary/aromatic N) is 3. The quantitative estimate of drug-likeness (QED) is 0.680. The van der Waals surface area contributed by atoms with Crippen LogP contribution in [0.2, 0.25) is 0 Å². The summed E-state index contributed by atoms with van der Waals surface area (Å²) in [6, 6.07) is 10.5. The number of nitrogens with two attached hydrogens (primary N) is 1. The number of rotatable bonds is 5. The minimum Gasteiger partial charge on any atom is -0.370 e. The monoisotopic (exact) mass is 397 g/mol. The molecule has 8 heteroatoms. The van der Waals surface area contributed by atoms with Gasteiger partial charge in [0, 0.05) is 35.2 Å². The van der Waals surface area contributed by atoms with Crippen LogP contribution in [0.1, 0.15) is 18.3 Å². The van der Waals surface area contributed by atoms with Crippen LogP contribution in [-0.4, -0.2) is 36.2 Å². The Morgan fingerprint density at radius 1 is 0.964 bits per heavy atom. The van der Waals surface area contributed by atoms with Gasteiger partial charge >= 0.3 is 0 Å². The van der Waals surface area contributed by atoms with Gasteiger partial charge in [0.1, 0.15) is 5.82 Å². The molecule has 0 spiro atoms. The normalized spacial score (nSPS) is 11.4. The van der Waals surface area contributed by atoms with Crippen molar-refractivity contribution in [3.63, 3.8) is 0 Å². The first-order valence-electron chi connectivity index (χ1n) is 8.87. The third-order valence-electron chi connectivity index (χ3n) is 4.38. The van der Waals surface area contributed by atoms with E-state index in [0.29, 0.717) is 5.69 Å². The van der Waals surface area contributed by atoms with Crippen LogP contribution < -0.4 is 11.1 Å². The number of aromatic nitrogens is 3.